The van der Waals surface area contributed by atoms with Crippen LogP contribution in [0.5, 0.6) is 5.88 Å². The Labute approximate surface area is 204 Å². The number of aromatic nitrogens is 1. The highest BCUT2D eigenvalue weighted by atomic mass is 19.1. The van der Waals surface area contributed by atoms with Crippen molar-refractivity contribution in [3.8, 4) is 5.88 Å². The summed E-state index contributed by atoms with van der Waals surface area (Å²) in [5, 5.41) is 14.4. The Morgan fingerprint density at radius 1 is 1.06 bits per heavy atom. The molecule has 3 N–H and O–H groups in total. The molecule has 0 spiro atoms. The molecule has 6 nitrogen and oxygen atoms in total. The minimum absolute atomic E-state index is 0.0293. The third-order valence-electron chi connectivity index (χ3n) is 5.66. The first-order valence-corrected chi connectivity index (χ1v) is 11.5. The molecule has 1 heterocycles. The van der Waals surface area contributed by atoms with Gasteiger partial charge in [-0.25, -0.2) is 9.38 Å². The first-order chi connectivity index (χ1) is 16.8. The highest BCUT2D eigenvalue weighted by molar-refractivity contribution is 6.21. The number of carbonyl (C=O) groups is 1. The summed E-state index contributed by atoms with van der Waals surface area (Å²) in [6.45, 7) is 3.01. The highest BCUT2D eigenvalue weighted by Crippen LogP contribution is 2.32. The second-order valence-electron chi connectivity index (χ2n) is 8.73. The Morgan fingerprint density at radius 2 is 1.83 bits per heavy atom. The quantitative estimate of drug-likeness (QED) is 0.306. The van der Waals surface area contributed by atoms with Crippen LogP contribution >= 0.6 is 0 Å². The van der Waals surface area contributed by atoms with E-state index in [0.29, 0.717) is 35.1 Å². The zero-order chi connectivity index (χ0) is 24.9. The van der Waals surface area contributed by atoms with Crippen LogP contribution in [0.15, 0.2) is 71.7 Å². The predicted octanol–water partition coefficient (Wildman–Crippen LogP) is 5.27. The van der Waals surface area contributed by atoms with Crippen LogP contribution in [-0.2, 0) is 17.9 Å². The van der Waals surface area contributed by atoms with Crippen LogP contribution in [0.1, 0.15) is 35.6 Å². The van der Waals surface area contributed by atoms with Crippen molar-refractivity contribution in [3.63, 3.8) is 0 Å². The van der Waals surface area contributed by atoms with Gasteiger partial charge in [0.2, 0.25) is 5.91 Å². The van der Waals surface area contributed by atoms with E-state index in [1.807, 2.05) is 69.6 Å². The molecule has 0 aliphatic rings. The number of aliphatic imine (C=N–C) groups is 1. The van der Waals surface area contributed by atoms with Crippen molar-refractivity contribution in [1.29, 1.82) is 0 Å². The third kappa shape index (κ3) is 5.75. The average Bonchev–Trinajstić information content (AvgIpc) is 3.16. The number of carbonyl (C=O) groups excluding carboxylic acids is 1. The number of hydrogen-bond acceptors (Lipinski definition) is 4. The molecule has 0 saturated heterocycles. The number of benzene rings is 3. The molecule has 0 saturated carbocycles. The molecule has 0 aliphatic carbocycles. The number of aromatic hydroxyl groups is 1. The third-order valence-corrected chi connectivity index (χ3v) is 5.66. The molecular weight excluding hydrogens is 443 g/mol. The van der Waals surface area contributed by atoms with Crippen molar-refractivity contribution in [3.05, 3.63) is 94.8 Å². The van der Waals surface area contributed by atoms with E-state index < -0.39 is 5.82 Å². The van der Waals surface area contributed by atoms with Crippen LogP contribution in [0.4, 0.5) is 10.1 Å². The lowest BCUT2D eigenvalue weighted by atomic mass is 9.99. The van der Waals surface area contributed by atoms with Crippen molar-refractivity contribution in [2.75, 3.05) is 14.1 Å². The standard InChI is InChI=1S/C28H29FN4O2/c1-4-25(34)30-16-19-6-5-7-20(14-19)27(31-22-11-8-18(9-12-22)17-33(2)3)26-23-13-10-21(29)15-24(23)32-28(26)35/h5-15,32,35H,4,16-17H2,1-3H3,(H,30,34). The lowest BCUT2D eigenvalue weighted by Crippen LogP contribution is -2.21. The summed E-state index contributed by atoms with van der Waals surface area (Å²) in [4.78, 5) is 21.6. The van der Waals surface area contributed by atoms with Crippen LogP contribution in [0.2, 0.25) is 0 Å². The number of fused-ring (bicyclic) bond motifs is 1. The molecule has 0 bridgehead atoms. The summed E-state index contributed by atoms with van der Waals surface area (Å²) in [5.41, 5.74) is 5.09. The zero-order valence-corrected chi connectivity index (χ0v) is 20.1. The van der Waals surface area contributed by atoms with Crippen molar-refractivity contribution >= 4 is 28.2 Å². The first kappa shape index (κ1) is 24.2. The Hall–Kier alpha value is -3.97. The lowest BCUT2D eigenvalue weighted by molar-refractivity contribution is -0.120. The monoisotopic (exact) mass is 472 g/mol. The van der Waals surface area contributed by atoms with Crippen molar-refractivity contribution in [2.24, 2.45) is 4.99 Å². The van der Waals surface area contributed by atoms with Crippen LogP contribution in [-0.4, -0.2) is 40.7 Å². The fraction of sp³-hybridized carbons (Fsp3) is 0.214. The zero-order valence-electron chi connectivity index (χ0n) is 20.1. The number of nitrogens with one attached hydrogen (secondary N) is 2. The summed E-state index contributed by atoms with van der Waals surface area (Å²) in [6.07, 6.45) is 0.413. The van der Waals surface area contributed by atoms with E-state index in [9.17, 15) is 14.3 Å². The molecule has 3 aromatic carbocycles. The van der Waals surface area contributed by atoms with Crippen LogP contribution in [0.25, 0.3) is 10.9 Å². The molecular formula is C28H29FN4O2. The minimum atomic E-state index is -0.395. The summed E-state index contributed by atoms with van der Waals surface area (Å²) >= 11 is 0. The molecule has 0 unspecified atom stereocenters. The molecule has 0 fully saturated rings. The fourth-order valence-corrected chi connectivity index (χ4v) is 3.98. The van der Waals surface area contributed by atoms with Gasteiger partial charge in [0.1, 0.15) is 5.82 Å². The van der Waals surface area contributed by atoms with Crippen LogP contribution in [0, 0.1) is 5.82 Å². The Morgan fingerprint density at radius 3 is 2.54 bits per heavy atom. The minimum Gasteiger partial charge on any atom is -0.494 e. The van der Waals surface area contributed by atoms with Crippen LogP contribution < -0.4 is 5.32 Å². The molecule has 4 rings (SSSR count). The maximum absolute atomic E-state index is 13.8. The van der Waals surface area contributed by atoms with Gasteiger partial charge in [0, 0.05) is 30.5 Å². The van der Waals surface area contributed by atoms with E-state index >= 15 is 0 Å². The van der Waals surface area contributed by atoms with Gasteiger partial charge in [-0.2, -0.15) is 0 Å². The maximum Gasteiger partial charge on any atom is 0.219 e. The summed E-state index contributed by atoms with van der Waals surface area (Å²) in [5.74, 6) is -0.509. The second-order valence-corrected chi connectivity index (χ2v) is 8.73. The highest BCUT2D eigenvalue weighted by Gasteiger charge is 2.19. The van der Waals surface area contributed by atoms with E-state index in [-0.39, 0.29) is 11.8 Å². The van der Waals surface area contributed by atoms with Crippen molar-refractivity contribution in [1.82, 2.24) is 15.2 Å². The van der Waals surface area contributed by atoms with Gasteiger partial charge in [0.05, 0.1) is 22.5 Å². The maximum atomic E-state index is 13.8. The molecule has 4 aromatic rings. The molecule has 0 atom stereocenters. The number of amides is 1. The molecule has 7 heteroatoms. The number of H-pyrrole nitrogens is 1. The summed E-state index contributed by atoms with van der Waals surface area (Å²) in [6, 6.07) is 20.0. The SMILES string of the molecule is CCC(=O)NCc1cccc(C(=Nc2ccc(CN(C)C)cc2)c2c(O)[nH]c3cc(F)ccc23)c1. The number of nitrogens with zero attached hydrogens (tertiary/aromatic N) is 2. The second kappa shape index (κ2) is 10.5. The molecule has 1 aromatic heterocycles. The van der Waals surface area contributed by atoms with E-state index in [1.54, 1.807) is 6.07 Å². The van der Waals surface area contributed by atoms with Gasteiger partial charge in [0.15, 0.2) is 5.88 Å². The molecule has 0 radical (unpaired) electrons. The molecule has 0 aliphatic heterocycles. The number of halogens is 1. The molecule has 180 valence electrons. The Balaban J connectivity index is 1.82. The summed E-state index contributed by atoms with van der Waals surface area (Å²) < 4.78 is 13.8. The number of rotatable bonds is 8. The van der Waals surface area contributed by atoms with Crippen molar-refractivity contribution in [2.45, 2.75) is 26.4 Å². The van der Waals surface area contributed by atoms with Gasteiger partial charge in [-0.1, -0.05) is 37.3 Å². The Kier molecular flexibility index (Phi) is 7.27. The molecule has 35 heavy (non-hydrogen) atoms. The molecule has 1 amide bonds. The van der Waals surface area contributed by atoms with E-state index in [1.165, 1.54) is 12.1 Å². The van der Waals surface area contributed by atoms with Crippen LogP contribution in [0.3, 0.4) is 0 Å². The van der Waals surface area contributed by atoms with Gasteiger partial charge in [-0.05, 0) is 61.6 Å². The number of aromatic amines is 1. The topological polar surface area (TPSA) is 80.7 Å². The van der Waals surface area contributed by atoms with Gasteiger partial charge >= 0.3 is 0 Å². The van der Waals surface area contributed by atoms with E-state index in [4.69, 9.17) is 4.99 Å². The Bertz CT molecular complexity index is 1370. The van der Waals surface area contributed by atoms with Gasteiger partial charge in [0.25, 0.3) is 0 Å². The predicted molar refractivity (Wildman–Crippen MR) is 138 cm³/mol. The summed E-state index contributed by atoms with van der Waals surface area (Å²) in [7, 11) is 4.03. The lowest BCUT2D eigenvalue weighted by Gasteiger charge is -2.12. The average molecular weight is 473 g/mol. The first-order valence-electron chi connectivity index (χ1n) is 11.5. The van der Waals surface area contributed by atoms with Crippen molar-refractivity contribution < 1.29 is 14.3 Å². The number of hydrogen-bond donors (Lipinski definition) is 3. The van der Waals surface area contributed by atoms with Gasteiger partial charge in [-0.15, -0.1) is 0 Å². The smallest absolute Gasteiger partial charge is 0.219 e. The van der Waals surface area contributed by atoms with E-state index in [2.05, 4.69) is 15.2 Å². The largest absolute Gasteiger partial charge is 0.494 e. The normalized spacial score (nSPS) is 11.9. The fourth-order valence-electron chi connectivity index (χ4n) is 3.98. The van der Waals surface area contributed by atoms with Gasteiger partial charge in [-0.3, -0.25) is 4.79 Å². The van der Waals surface area contributed by atoms with Gasteiger partial charge < -0.3 is 20.3 Å². The van der Waals surface area contributed by atoms with E-state index in [0.717, 1.165) is 28.9 Å².